The molecule has 0 aliphatic heterocycles. The average Bonchev–Trinajstić information content (AvgIpc) is 3.48. The number of benzene rings is 2. The number of unbranched alkanes of at least 4 members (excludes halogenated alkanes) is 1. The summed E-state index contributed by atoms with van der Waals surface area (Å²) in [7, 11) is 1.36. The minimum atomic E-state index is -0.556. The second-order valence-electron chi connectivity index (χ2n) is 7.33. The van der Waals surface area contributed by atoms with Crippen molar-refractivity contribution < 1.29 is 13.9 Å². The van der Waals surface area contributed by atoms with Crippen LogP contribution in [-0.4, -0.2) is 33.9 Å². The molecule has 4 aromatic rings. The Morgan fingerprint density at radius 1 is 1.18 bits per heavy atom. The first kappa shape index (κ1) is 22.5. The maximum Gasteiger partial charge on any atom is 0.312 e. The van der Waals surface area contributed by atoms with Crippen LogP contribution in [0.25, 0.3) is 16.9 Å². The quantitative estimate of drug-likeness (QED) is 0.377. The molecule has 2 heterocycles. The van der Waals surface area contributed by atoms with Crippen LogP contribution in [0.5, 0.6) is 5.75 Å². The zero-order valence-electron chi connectivity index (χ0n) is 18.0. The molecule has 7 nitrogen and oxygen atoms in total. The summed E-state index contributed by atoms with van der Waals surface area (Å²) in [5, 5.41) is 8.78. The van der Waals surface area contributed by atoms with Crippen LogP contribution in [0.3, 0.4) is 0 Å². The molecule has 0 radical (unpaired) electrons. The summed E-state index contributed by atoms with van der Waals surface area (Å²) in [6.45, 7) is 1.35. The Balaban J connectivity index is 1.50. The van der Waals surface area contributed by atoms with Crippen molar-refractivity contribution in [3.63, 3.8) is 0 Å². The smallest absolute Gasteiger partial charge is 0.312 e. The second-order valence-corrected chi connectivity index (χ2v) is 8.15. The van der Waals surface area contributed by atoms with E-state index in [1.165, 1.54) is 23.8 Å². The van der Waals surface area contributed by atoms with E-state index >= 15 is 0 Å². The molecule has 0 fully saturated rings. The second kappa shape index (κ2) is 10.3. The van der Waals surface area contributed by atoms with Crippen LogP contribution >= 0.6 is 11.3 Å². The molecule has 1 amide bonds. The van der Waals surface area contributed by atoms with Gasteiger partial charge in [0.2, 0.25) is 0 Å². The number of para-hydroxylation sites is 1. The number of halogens is 1. The lowest BCUT2D eigenvalue weighted by atomic mass is 10.1. The predicted octanol–water partition coefficient (Wildman–Crippen LogP) is 4.12. The van der Waals surface area contributed by atoms with Crippen molar-refractivity contribution in [1.82, 2.24) is 19.7 Å². The summed E-state index contributed by atoms with van der Waals surface area (Å²) in [4.78, 5) is 25.0. The molecule has 2 aromatic heterocycles. The minimum absolute atomic E-state index is 0.0109. The van der Waals surface area contributed by atoms with Crippen molar-refractivity contribution in [2.24, 2.45) is 0 Å². The van der Waals surface area contributed by atoms with Gasteiger partial charge in [0.25, 0.3) is 5.91 Å². The lowest BCUT2D eigenvalue weighted by Gasteiger charge is -2.13. The zero-order valence-corrected chi connectivity index (χ0v) is 18.8. The van der Waals surface area contributed by atoms with Gasteiger partial charge in [-0.2, -0.15) is 5.10 Å². The van der Waals surface area contributed by atoms with Crippen molar-refractivity contribution in [2.45, 2.75) is 19.4 Å². The number of aryl methyl sites for hydroxylation is 1. The number of nitrogens with one attached hydrogen (secondary N) is 1. The van der Waals surface area contributed by atoms with Crippen LogP contribution in [0.1, 0.15) is 23.2 Å². The van der Waals surface area contributed by atoms with E-state index in [2.05, 4.69) is 10.4 Å². The molecule has 0 bridgehead atoms. The first-order chi connectivity index (χ1) is 16.1. The van der Waals surface area contributed by atoms with Crippen molar-refractivity contribution >= 4 is 17.2 Å². The first-order valence-corrected chi connectivity index (χ1v) is 11.4. The Morgan fingerprint density at radius 2 is 2.03 bits per heavy atom. The summed E-state index contributed by atoms with van der Waals surface area (Å²) in [6.07, 6.45) is 5.38. The van der Waals surface area contributed by atoms with E-state index in [1.807, 2.05) is 23.0 Å². The highest BCUT2D eigenvalue weighted by atomic mass is 32.1. The maximum atomic E-state index is 14.2. The molecule has 0 saturated carbocycles. The van der Waals surface area contributed by atoms with E-state index in [0.29, 0.717) is 29.1 Å². The van der Waals surface area contributed by atoms with E-state index in [0.717, 1.165) is 30.7 Å². The van der Waals surface area contributed by atoms with E-state index in [1.54, 1.807) is 35.8 Å². The summed E-state index contributed by atoms with van der Waals surface area (Å²) in [6, 6.07) is 13.3. The number of hydrogen-bond acceptors (Lipinski definition) is 5. The molecule has 4 rings (SSSR count). The highest BCUT2D eigenvalue weighted by Crippen LogP contribution is 2.30. The fraction of sp³-hybridized carbons (Fsp3) is 0.208. The molecule has 9 heteroatoms. The van der Waals surface area contributed by atoms with Crippen molar-refractivity contribution in [1.29, 1.82) is 0 Å². The predicted molar refractivity (Wildman–Crippen MR) is 126 cm³/mol. The van der Waals surface area contributed by atoms with Crippen LogP contribution in [0.4, 0.5) is 4.39 Å². The highest BCUT2D eigenvalue weighted by molar-refractivity contribution is 7.07. The fourth-order valence-electron chi connectivity index (χ4n) is 3.57. The van der Waals surface area contributed by atoms with Gasteiger partial charge >= 0.3 is 4.87 Å². The molecule has 0 atom stereocenters. The Kier molecular flexibility index (Phi) is 6.99. The number of aromatic nitrogens is 3. The normalized spacial score (nSPS) is 10.8. The summed E-state index contributed by atoms with van der Waals surface area (Å²) in [5.74, 6) is -0.758. The number of hydrogen-bond donors (Lipinski definition) is 1. The lowest BCUT2D eigenvalue weighted by Crippen LogP contribution is -2.24. The number of rotatable bonds is 9. The lowest BCUT2D eigenvalue weighted by molar-refractivity contribution is 0.0953. The Morgan fingerprint density at radius 3 is 2.82 bits per heavy atom. The number of nitrogens with zero attached hydrogens (tertiary/aromatic N) is 3. The SMILES string of the molecule is COc1c(F)cccc1-n1c(-c2cccc(C(=O)NCCCCn3cccn3)c2)csc1=O. The molecule has 0 aliphatic rings. The minimum Gasteiger partial charge on any atom is -0.492 e. The molecule has 0 unspecified atom stereocenters. The number of carbonyl (C=O) groups is 1. The van der Waals surface area contributed by atoms with Crippen molar-refractivity contribution in [2.75, 3.05) is 13.7 Å². The van der Waals surface area contributed by atoms with Gasteiger partial charge in [-0.25, -0.2) is 4.39 Å². The third-order valence-corrected chi connectivity index (χ3v) is 5.89. The van der Waals surface area contributed by atoms with Gasteiger partial charge in [0, 0.05) is 42.0 Å². The number of thiazole rings is 1. The molecule has 170 valence electrons. The third kappa shape index (κ3) is 5.04. The number of amides is 1. The standard InChI is InChI=1S/C24H23FN4O3S/c1-32-22-19(25)9-5-10-20(22)29-21(16-33-24(29)31)17-7-4-8-18(15-17)23(30)26-11-2-3-13-28-14-6-12-27-28/h4-10,12,14-16H,2-3,11,13H2,1H3,(H,26,30). The molecule has 0 spiro atoms. The Bertz CT molecular complexity index is 1300. The monoisotopic (exact) mass is 466 g/mol. The Labute approximate surface area is 194 Å². The number of methoxy groups -OCH3 is 1. The van der Waals surface area contributed by atoms with Gasteiger partial charge in [0.05, 0.1) is 18.5 Å². The van der Waals surface area contributed by atoms with Crippen LogP contribution in [0.2, 0.25) is 0 Å². The summed E-state index contributed by atoms with van der Waals surface area (Å²) in [5.41, 5.74) is 2.02. The van der Waals surface area contributed by atoms with Gasteiger partial charge in [0.15, 0.2) is 11.6 Å². The maximum absolute atomic E-state index is 14.2. The Hall–Kier alpha value is -3.72. The molecule has 0 saturated heterocycles. The van der Waals surface area contributed by atoms with Crippen LogP contribution < -0.4 is 14.9 Å². The number of ether oxygens (including phenoxy) is 1. The molecular weight excluding hydrogens is 443 g/mol. The summed E-state index contributed by atoms with van der Waals surface area (Å²) < 4.78 is 22.7. The van der Waals surface area contributed by atoms with Gasteiger partial charge in [-0.05, 0) is 43.2 Å². The first-order valence-electron chi connectivity index (χ1n) is 10.5. The zero-order chi connectivity index (χ0) is 23.2. The third-order valence-electron chi connectivity index (χ3n) is 5.17. The number of carbonyl (C=O) groups excluding carboxylic acids is 1. The fourth-order valence-corrected chi connectivity index (χ4v) is 4.32. The largest absolute Gasteiger partial charge is 0.492 e. The van der Waals surface area contributed by atoms with E-state index in [4.69, 9.17) is 4.74 Å². The van der Waals surface area contributed by atoms with E-state index < -0.39 is 5.82 Å². The van der Waals surface area contributed by atoms with Gasteiger partial charge in [-0.1, -0.05) is 29.5 Å². The molecule has 33 heavy (non-hydrogen) atoms. The topological polar surface area (TPSA) is 78.2 Å². The van der Waals surface area contributed by atoms with Crippen molar-refractivity contribution in [3.8, 4) is 22.7 Å². The highest BCUT2D eigenvalue weighted by Gasteiger charge is 2.18. The molecule has 1 N–H and O–H groups in total. The van der Waals surface area contributed by atoms with Gasteiger partial charge < -0.3 is 10.1 Å². The molecular formula is C24H23FN4O3S. The average molecular weight is 467 g/mol. The van der Waals surface area contributed by atoms with Gasteiger partial charge in [-0.3, -0.25) is 18.8 Å². The van der Waals surface area contributed by atoms with E-state index in [-0.39, 0.29) is 16.5 Å². The molecule has 2 aromatic carbocycles. The van der Waals surface area contributed by atoms with Crippen molar-refractivity contribution in [3.05, 3.63) is 87.4 Å². The van der Waals surface area contributed by atoms with Crippen LogP contribution in [-0.2, 0) is 6.54 Å². The van der Waals surface area contributed by atoms with Crippen LogP contribution in [0.15, 0.2) is 71.1 Å². The van der Waals surface area contributed by atoms with E-state index in [9.17, 15) is 14.0 Å². The molecule has 0 aliphatic carbocycles. The summed E-state index contributed by atoms with van der Waals surface area (Å²) >= 11 is 1.000. The van der Waals surface area contributed by atoms with Gasteiger partial charge in [0.1, 0.15) is 0 Å². The van der Waals surface area contributed by atoms with Crippen LogP contribution in [0, 0.1) is 5.82 Å². The van der Waals surface area contributed by atoms with Gasteiger partial charge in [-0.15, -0.1) is 0 Å².